The Morgan fingerprint density at radius 3 is 2.11 bits per heavy atom. The van der Waals surface area contributed by atoms with Crippen LogP contribution in [-0.4, -0.2) is 65.9 Å². The van der Waals surface area contributed by atoms with Gasteiger partial charge in [0.25, 0.3) is 5.91 Å². The SMILES string of the molecule is COC(=O)c1c(C)[nH]c(C(=O)N2CCC(C(=O)N3CCC(C)CC3)CC2)c1C. The number of nitrogens with zero attached hydrogens (tertiary/aromatic N) is 2. The number of carbonyl (C=O) groups excluding carboxylic acids is 3. The second-order valence-corrected chi connectivity index (χ2v) is 8.19. The molecule has 0 radical (unpaired) electrons. The van der Waals surface area contributed by atoms with Crippen molar-refractivity contribution in [3.05, 3.63) is 22.5 Å². The van der Waals surface area contributed by atoms with E-state index in [1.54, 1.807) is 18.7 Å². The Morgan fingerprint density at radius 1 is 0.964 bits per heavy atom. The Kier molecular flexibility index (Phi) is 6.10. The molecule has 2 saturated heterocycles. The van der Waals surface area contributed by atoms with Crippen molar-refractivity contribution < 1.29 is 19.1 Å². The average molecular weight is 389 g/mol. The fourth-order valence-corrected chi connectivity index (χ4v) is 4.35. The van der Waals surface area contributed by atoms with Gasteiger partial charge in [-0.2, -0.15) is 0 Å². The van der Waals surface area contributed by atoms with Crippen LogP contribution in [0, 0.1) is 25.7 Å². The third-order valence-electron chi connectivity index (χ3n) is 6.27. The Morgan fingerprint density at radius 2 is 1.54 bits per heavy atom. The van der Waals surface area contributed by atoms with Crippen LogP contribution in [0.5, 0.6) is 0 Å². The fourth-order valence-electron chi connectivity index (χ4n) is 4.35. The smallest absolute Gasteiger partial charge is 0.339 e. The molecule has 28 heavy (non-hydrogen) atoms. The molecule has 1 aromatic rings. The van der Waals surface area contributed by atoms with Crippen LogP contribution in [0.3, 0.4) is 0 Å². The molecule has 0 unspecified atom stereocenters. The fraction of sp³-hybridized carbons (Fsp3) is 0.667. The van der Waals surface area contributed by atoms with E-state index in [0.717, 1.165) is 25.9 Å². The van der Waals surface area contributed by atoms with Gasteiger partial charge in [0, 0.05) is 37.8 Å². The van der Waals surface area contributed by atoms with Gasteiger partial charge in [-0.1, -0.05) is 6.92 Å². The molecule has 0 spiro atoms. The molecule has 3 rings (SSSR count). The third-order valence-corrected chi connectivity index (χ3v) is 6.27. The molecule has 2 aliphatic heterocycles. The number of amides is 2. The van der Waals surface area contributed by atoms with E-state index in [2.05, 4.69) is 11.9 Å². The zero-order valence-corrected chi connectivity index (χ0v) is 17.3. The highest BCUT2D eigenvalue weighted by molar-refractivity contribution is 6.00. The van der Waals surface area contributed by atoms with Crippen molar-refractivity contribution in [3.63, 3.8) is 0 Å². The lowest BCUT2D eigenvalue weighted by Gasteiger charge is -2.36. The standard InChI is InChI=1S/C21H31N3O4/c1-13-5-9-23(10-6-13)19(25)16-7-11-24(12-8-16)20(26)18-14(2)17(15(3)22-18)21(27)28-4/h13,16,22H,5-12H2,1-4H3. The van der Waals surface area contributed by atoms with E-state index >= 15 is 0 Å². The predicted octanol–water partition coefficient (Wildman–Crippen LogP) is 2.53. The van der Waals surface area contributed by atoms with Gasteiger partial charge in [-0.05, 0) is 51.0 Å². The number of aromatic amines is 1. The van der Waals surface area contributed by atoms with Crippen molar-refractivity contribution >= 4 is 17.8 Å². The molecule has 7 nitrogen and oxygen atoms in total. The molecule has 1 N–H and O–H groups in total. The lowest BCUT2D eigenvalue weighted by molar-refractivity contribution is -0.138. The van der Waals surface area contributed by atoms with E-state index in [0.29, 0.717) is 54.4 Å². The van der Waals surface area contributed by atoms with Crippen molar-refractivity contribution in [2.75, 3.05) is 33.3 Å². The summed E-state index contributed by atoms with van der Waals surface area (Å²) in [5.74, 6) is 0.401. The molecule has 2 fully saturated rings. The van der Waals surface area contributed by atoms with E-state index in [4.69, 9.17) is 4.74 Å². The highest BCUT2D eigenvalue weighted by Crippen LogP contribution is 2.26. The molecule has 154 valence electrons. The first-order valence-electron chi connectivity index (χ1n) is 10.2. The van der Waals surface area contributed by atoms with E-state index in [-0.39, 0.29) is 17.7 Å². The number of H-pyrrole nitrogens is 1. The molecular formula is C21H31N3O4. The maximum absolute atomic E-state index is 13.0. The number of hydrogen-bond acceptors (Lipinski definition) is 4. The number of methoxy groups -OCH3 is 1. The molecule has 2 amide bonds. The van der Waals surface area contributed by atoms with Crippen LogP contribution in [0.2, 0.25) is 0 Å². The molecule has 0 saturated carbocycles. The topological polar surface area (TPSA) is 82.7 Å². The second kappa shape index (κ2) is 8.37. The number of likely N-dealkylation sites (tertiary alicyclic amines) is 2. The van der Waals surface area contributed by atoms with Gasteiger partial charge in [0.05, 0.1) is 12.7 Å². The number of carbonyl (C=O) groups is 3. The second-order valence-electron chi connectivity index (χ2n) is 8.19. The van der Waals surface area contributed by atoms with Gasteiger partial charge < -0.3 is 19.5 Å². The van der Waals surface area contributed by atoms with Gasteiger partial charge in [-0.25, -0.2) is 4.79 Å². The molecular weight excluding hydrogens is 358 g/mol. The minimum absolute atomic E-state index is 0.00885. The van der Waals surface area contributed by atoms with Gasteiger partial charge in [-0.3, -0.25) is 9.59 Å². The van der Waals surface area contributed by atoms with Crippen LogP contribution < -0.4 is 0 Å². The normalized spacial score (nSPS) is 19.0. The number of nitrogens with one attached hydrogen (secondary N) is 1. The van der Waals surface area contributed by atoms with Gasteiger partial charge in [-0.15, -0.1) is 0 Å². The Labute approximate surface area is 166 Å². The number of aryl methyl sites for hydroxylation is 1. The van der Waals surface area contributed by atoms with E-state index in [1.165, 1.54) is 7.11 Å². The average Bonchev–Trinajstić information content (AvgIpc) is 3.01. The summed E-state index contributed by atoms with van der Waals surface area (Å²) in [4.78, 5) is 44.5. The van der Waals surface area contributed by atoms with Gasteiger partial charge in [0.15, 0.2) is 0 Å². The van der Waals surface area contributed by atoms with Crippen molar-refractivity contribution in [2.45, 2.75) is 46.5 Å². The lowest BCUT2D eigenvalue weighted by atomic mass is 9.92. The van der Waals surface area contributed by atoms with Crippen LogP contribution in [0.25, 0.3) is 0 Å². The minimum atomic E-state index is -0.439. The Balaban J connectivity index is 1.61. The summed E-state index contributed by atoms with van der Waals surface area (Å²) in [6.45, 7) is 8.60. The van der Waals surface area contributed by atoms with Crippen LogP contribution in [0.4, 0.5) is 0 Å². The van der Waals surface area contributed by atoms with Crippen molar-refractivity contribution in [3.8, 4) is 0 Å². The third kappa shape index (κ3) is 3.93. The van der Waals surface area contributed by atoms with Gasteiger partial charge in [0.1, 0.15) is 5.69 Å². The summed E-state index contributed by atoms with van der Waals surface area (Å²) >= 11 is 0. The van der Waals surface area contributed by atoms with E-state index in [1.807, 2.05) is 4.90 Å². The summed E-state index contributed by atoms with van der Waals surface area (Å²) in [6, 6.07) is 0. The van der Waals surface area contributed by atoms with E-state index < -0.39 is 5.97 Å². The largest absolute Gasteiger partial charge is 0.465 e. The molecule has 0 aliphatic carbocycles. The predicted molar refractivity (Wildman–Crippen MR) is 105 cm³/mol. The molecule has 1 aromatic heterocycles. The van der Waals surface area contributed by atoms with Gasteiger partial charge in [0.2, 0.25) is 5.91 Å². The van der Waals surface area contributed by atoms with Crippen molar-refractivity contribution in [1.82, 2.24) is 14.8 Å². The van der Waals surface area contributed by atoms with Crippen LogP contribution in [0.1, 0.15) is 64.7 Å². The maximum Gasteiger partial charge on any atom is 0.339 e. The van der Waals surface area contributed by atoms with Crippen LogP contribution in [-0.2, 0) is 9.53 Å². The van der Waals surface area contributed by atoms with Gasteiger partial charge >= 0.3 is 5.97 Å². The van der Waals surface area contributed by atoms with E-state index in [9.17, 15) is 14.4 Å². The molecule has 0 bridgehead atoms. The first kappa shape index (κ1) is 20.4. The zero-order valence-electron chi connectivity index (χ0n) is 17.3. The van der Waals surface area contributed by atoms with Crippen LogP contribution in [0.15, 0.2) is 0 Å². The molecule has 0 aromatic carbocycles. The quantitative estimate of drug-likeness (QED) is 0.806. The zero-order chi connectivity index (χ0) is 20.4. The molecule has 3 heterocycles. The summed E-state index contributed by atoms with van der Waals surface area (Å²) < 4.78 is 4.82. The number of hydrogen-bond donors (Lipinski definition) is 1. The Hall–Kier alpha value is -2.31. The monoisotopic (exact) mass is 389 g/mol. The van der Waals surface area contributed by atoms with Crippen molar-refractivity contribution in [1.29, 1.82) is 0 Å². The maximum atomic E-state index is 13.0. The number of esters is 1. The molecule has 0 atom stereocenters. The summed E-state index contributed by atoms with van der Waals surface area (Å²) in [5.41, 5.74) is 2.12. The molecule has 2 aliphatic rings. The summed E-state index contributed by atoms with van der Waals surface area (Å²) in [6.07, 6.45) is 3.55. The Bertz CT molecular complexity index is 754. The highest BCUT2D eigenvalue weighted by atomic mass is 16.5. The minimum Gasteiger partial charge on any atom is -0.465 e. The summed E-state index contributed by atoms with van der Waals surface area (Å²) in [5, 5.41) is 0. The first-order chi connectivity index (χ1) is 13.3. The lowest BCUT2D eigenvalue weighted by Crippen LogP contribution is -2.46. The number of piperidine rings is 2. The first-order valence-corrected chi connectivity index (χ1v) is 10.2. The van der Waals surface area contributed by atoms with Crippen LogP contribution >= 0.6 is 0 Å². The number of aromatic nitrogens is 1. The summed E-state index contributed by atoms with van der Waals surface area (Å²) in [7, 11) is 1.33. The highest BCUT2D eigenvalue weighted by Gasteiger charge is 2.33. The number of rotatable bonds is 3. The number of ether oxygens (including phenoxy) is 1. The molecule has 7 heteroatoms. The van der Waals surface area contributed by atoms with Crippen molar-refractivity contribution in [2.24, 2.45) is 11.8 Å².